The molecule has 130 valence electrons. The van der Waals surface area contributed by atoms with Gasteiger partial charge >= 0.3 is 0 Å². The van der Waals surface area contributed by atoms with E-state index in [1.807, 2.05) is 38.4 Å². The number of quaternary nitrogens is 1. The molecule has 7 nitrogen and oxygen atoms in total. The first kappa shape index (κ1) is 17.0. The normalized spacial score (nSPS) is 16.2. The molecule has 7 heteroatoms. The van der Waals surface area contributed by atoms with Crippen molar-refractivity contribution in [3.8, 4) is 6.07 Å². The number of amides is 1. The number of hydrogen-bond donors (Lipinski definition) is 3. The molecule has 1 saturated carbocycles. The van der Waals surface area contributed by atoms with Crippen LogP contribution in [-0.2, 0) is 11.8 Å². The SMILES string of the molecule is Cn1c(/C(C#N)=C(\O)C[NH+](C)CC(=O)NC2CC2)nc2ccccc21. The second-order valence-corrected chi connectivity index (χ2v) is 6.57. The molecule has 1 heterocycles. The first-order valence-electron chi connectivity index (χ1n) is 8.34. The topological polar surface area (TPSA) is 95.4 Å². The summed E-state index contributed by atoms with van der Waals surface area (Å²) in [7, 11) is 3.63. The number of carbonyl (C=O) groups excluding carboxylic acids is 1. The first-order valence-corrected chi connectivity index (χ1v) is 8.34. The van der Waals surface area contributed by atoms with Crippen LogP contribution in [0, 0.1) is 11.3 Å². The minimum absolute atomic E-state index is 0.0333. The van der Waals surface area contributed by atoms with Gasteiger partial charge in [0.2, 0.25) is 0 Å². The van der Waals surface area contributed by atoms with E-state index < -0.39 is 0 Å². The van der Waals surface area contributed by atoms with E-state index in [9.17, 15) is 15.2 Å². The number of rotatable bonds is 6. The van der Waals surface area contributed by atoms with E-state index in [4.69, 9.17) is 0 Å². The van der Waals surface area contributed by atoms with Crippen molar-refractivity contribution in [2.75, 3.05) is 20.1 Å². The van der Waals surface area contributed by atoms with Crippen molar-refractivity contribution >= 4 is 22.5 Å². The number of aliphatic hydroxyl groups excluding tert-OH is 1. The fourth-order valence-corrected chi connectivity index (χ4v) is 2.83. The summed E-state index contributed by atoms with van der Waals surface area (Å²) < 4.78 is 1.79. The maximum atomic E-state index is 11.9. The van der Waals surface area contributed by atoms with Gasteiger partial charge in [-0.15, -0.1) is 0 Å². The van der Waals surface area contributed by atoms with Gasteiger partial charge in [0.05, 0.1) is 18.1 Å². The van der Waals surface area contributed by atoms with Gasteiger partial charge < -0.3 is 19.9 Å². The van der Waals surface area contributed by atoms with Gasteiger partial charge in [-0.1, -0.05) is 12.1 Å². The molecule has 0 radical (unpaired) electrons. The van der Waals surface area contributed by atoms with Crippen LogP contribution >= 0.6 is 0 Å². The van der Waals surface area contributed by atoms with Crippen LogP contribution < -0.4 is 10.2 Å². The van der Waals surface area contributed by atoms with Gasteiger partial charge in [-0.3, -0.25) is 4.79 Å². The number of aliphatic hydroxyl groups is 1. The summed E-state index contributed by atoms with van der Waals surface area (Å²) in [4.78, 5) is 17.1. The van der Waals surface area contributed by atoms with Crippen molar-refractivity contribution in [2.45, 2.75) is 18.9 Å². The molecular formula is C18H22N5O2+. The monoisotopic (exact) mass is 340 g/mol. The Morgan fingerprint density at radius 2 is 2.16 bits per heavy atom. The highest BCUT2D eigenvalue weighted by atomic mass is 16.3. The molecule has 1 amide bonds. The smallest absolute Gasteiger partial charge is 0.275 e. The first-order chi connectivity index (χ1) is 12.0. The van der Waals surface area contributed by atoms with Crippen molar-refractivity contribution in [1.82, 2.24) is 14.9 Å². The van der Waals surface area contributed by atoms with Crippen molar-refractivity contribution in [1.29, 1.82) is 5.26 Å². The van der Waals surface area contributed by atoms with Crippen LogP contribution in [0.25, 0.3) is 16.6 Å². The third-order valence-electron chi connectivity index (χ3n) is 4.29. The lowest BCUT2D eigenvalue weighted by Gasteiger charge is -2.14. The summed E-state index contributed by atoms with van der Waals surface area (Å²) in [6, 6.07) is 9.93. The van der Waals surface area contributed by atoms with Crippen LogP contribution in [0.4, 0.5) is 0 Å². The van der Waals surface area contributed by atoms with Crippen molar-refractivity contribution in [2.24, 2.45) is 7.05 Å². The Balaban J connectivity index is 1.78. The maximum absolute atomic E-state index is 11.9. The lowest BCUT2D eigenvalue weighted by Crippen LogP contribution is -3.10. The van der Waals surface area contributed by atoms with Crippen LogP contribution in [0.15, 0.2) is 30.0 Å². The Morgan fingerprint density at radius 3 is 2.80 bits per heavy atom. The molecule has 1 aliphatic carbocycles. The van der Waals surface area contributed by atoms with Crippen LogP contribution in [0.3, 0.4) is 0 Å². The number of benzene rings is 1. The summed E-state index contributed by atoms with van der Waals surface area (Å²) in [5.74, 6) is 0.336. The van der Waals surface area contributed by atoms with Crippen LogP contribution in [-0.4, -0.2) is 46.7 Å². The highest BCUT2D eigenvalue weighted by Crippen LogP contribution is 2.21. The number of likely N-dealkylation sites (N-methyl/N-ethyl adjacent to an activating group) is 1. The molecule has 0 bridgehead atoms. The predicted octanol–water partition coefficient (Wildman–Crippen LogP) is 0.159. The molecule has 3 N–H and O–H groups in total. The Morgan fingerprint density at radius 1 is 1.44 bits per heavy atom. The number of aryl methyl sites for hydroxylation is 1. The molecule has 2 aromatic rings. The van der Waals surface area contributed by atoms with E-state index >= 15 is 0 Å². The molecule has 0 aliphatic heterocycles. The molecule has 1 aromatic carbocycles. The van der Waals surface area contributed by atoms with Gasteiger partial charge in [0, 0.05) is 13.1 Å². The van der Waals surface area contributed by atoms with Gasteiger partial charge in [0.15, 0.2) is 18.1 Å². The number of nitriles is 1. The molecule has 1 atom stereocenters. The Bertz CT molecular complexity index is 873. The van der Waals surface area contributed by atoms with Crippen LogP contribution in [0.5, 0.6) is 0 Å². The third-order valence-corrected chi connectivity index (χ3v) is 4.29. The number of aromatic nitrogens is 2. The molecule has 25 heavy (non-hydrogen) atoms. The van der Waals surface area contributed by atoms with Crippen molar-refractivity contribution in [3.63, 3.8) is 0 Å². The molecule has 3 rings (SSSR count). The predicted molar refractivity (Wildman–Crippen MR) is 93.7 cm³/mol. The fraction of sp³-hybridized carbons (Fsp3) is 0.389. The van der Waals surface area contributed by atoms with Gasteiger partial charge in [0.1, 0.15) is 18.2 Å². The lowest BCUT2D eigenvalue weighted by molar-refractivity contribution is -0.867. The number of para-hydroxylation sites is 2. The summed E-state index contributed by atoms with van der Waals surface area (Å²) >= 11 is 0. The number of hydrogen-bond acceptors (Lipinski definition) is 4. The van der Waals surface area contributed by atoms with Crippen LogP contribution in [0.2, 0.25) is 0 Å². The van der Waals surface area contributed by atoms with Gasteiger partial charge in [-0.2, -0.15) is 5.26 Å². The van der Waals surface area contributed by atoms with E-state index in [0.717, 1.165) is 28.8 Å². The largest absolute Gasteiger partial charge is 0.506 e. The Hall–Kier alpha value is -2.85. The molecule has 0 spiro atoms. The Kier molecular flexibility index (Phi) is 4.72. The van der Waals surface area contributed by atoms with E-state index in [1.54, 1.807) is 4.57 Å². The number of imidazole rings is 1. The van der Waals surface area contributed by atoms with E-state index in [2.05, 4.69) is 16.4 Å². The summed E-state index contributed by atoms with van der Waals surface area (Å²) in [5, 5.41) is 22.9. The second-order valence-electron chi connectivity index (χ2n) is 6.57. The number of nitrogens with one attached hydrogen (secondary N) is 2. The van der Waals surface area contributed by atoms with E-state index in [-0.39, 0.29) is 30.3 Å². The standard InChI is InChI=1S/C18H21N5O2/c1-22(11-17(25)20-12-7-8-12)10-16(24)13(9-19)18-21-14-5-3-4-6-15(14)23(18)2/h3-6,12,24H,7-8,10-11H2,1-2H3,(H,20,25)/p+1/b16-13-. The zero-order chi connectivity index (χ0) is 18.0. The van der Waals surface area contributed by atoms with Crippen molar-refractivity contribution < 1.29 is 14.8 Å². The zero-order valence-electron chi connectivity index (χ0n) is 14.4. The quantitative estimate of drug-likeness (QED) is 0.516. The highest BCUT2D eigenvalue weighted by Gasteiger charge is 2.25. The summed E-state index contributed by atoms with van der Waals surface area (Å²) in [6.45, 7) is 0.437. The molecule has 0 saturated heterocycles. The molecule has 1 unspecified atom stereocenters. The summed E-state index contributed by atoms with van der Waals surface area (Å²) in [5.41, 5.74) is 1.80. The van der Waals surface area contributed by atoms with Crippen molar-refractivity contribution in [3.05, 3.63) is 35.8 Å². The van der Waals surface area contributed by atoms with Crippen LogP contribution in [0.1, 0.15) is 18.7 Å². The van der Waals surface area contributed by atoms with E-state index in [0.29, 0.717) is 11.9 Å². The lowest BCUT2D eigenvalue weighted by atomic mass is 10.2. The molecule has 1 aromatic heterocycles. The zero-order valence-corrected chi connectivity index (χ0v) is 14.4. The average Bonchev–Trinajstić information content (AvgIpc) is 3.31. The highest BCUT2D eigenvalue weighted by molar-refractivity contribution is 5.83. The van der Waals surface area contributed by atoms with Gasteiger partial charge in [-0.25, -0.2) is 4.98 Å². The summed E-state index contributed by atoms with van der Waals surface area (Å²) in [6.07, 6.45) is 2.09. The second kappa shape index (κ2) is 6.95. The Labute approximate surface area is 146 Å². The number of nitrogens with zero attached hydrogens (tertiary/aromatic N) is 3. The molecule has 1 fully saturated rings. The maximum Gasteiger partial charge on any atom is 0.275 e. The molecule has 1 aliphatic rings. The molecular weight excluding hydrogens is 318 g/mol. The minimum Gasteiger partial charge on any atom is -0.506 e. The van der Waals surface area contributed by atoms with E-state index in [1.165, 1.54) is 0 Å². The van der Waals surface area contributed by atoms with Gasteiger partial charge in [-0.05, 0) is 25.0 Å². The number of carbonyl (C=O) groups is 1. The fourth-order valence-electron chi connectivity index (χ4n) is 2.83. The number of allylic oxidation sites excluding steroid dienone is 1. The average molecular weight is 340 g/mol. The minimum atomic E-state index is -0.0578. The number of fused-ring (bicyclic) bond motifs is 1. The third kappa shape index (κ3) is 3.80. The van der Waals surface area contributed by atoms with Gasteiger partial charge in [0.25, 0.3) is 5.91 Å².